The van der Waals surface area contributed by atoms with Gasteiger partial charge in [-0.1, -0.05) is 30.7 Å². The minimum Gasteiger partial charge on any atom is -0.497 e. The Morgan fingerprint density at radius 1 is 0.881 bits per heavy atom. The van der Waals surface area contributed by atoms with Gasteiger partial charge in [-0.05, 0) is 92.9 Å². The molecule has 7 rings (SSSR count). The van der Waals surface area contributed by atoms with Crippen LogP contribution in [-0.2, 0) is 24.8 Å². The van der Waals surface area contributed by atoms with E-state index in [-0.39, 0.29) is 31.1 Å². The number of Topliss-reactive ketones (excluding diaryl/α,β-unsaturated/α-hetero) is 1. The van der Waals surface area contributed by atoms with Crippen LogP contribution in [0.15, 0.2) is 99.7 Å². The number of amides is 2. The predicted molar refractivity (Wildman–Crippen MR) is 226 cm³/mol. The van der Waals surface area contributed by atoms with E-state index in [1.54, 1.807) is 55.7 Å². The van der Waals surface area contributed by atoms with E-state index in [1.807, 2.05) is 4.72 Å². The number of ketones is 1. The number of carbonyl (C=O) groups is 3. The third-order valence-electron chi connectivity index (χ3n) is 9.57. The Bertz CT molecular complexity index is 2890. The monoisotopic (exact) mass is 866 g/mol. The van der Waals surface area contributed by atoms with Crippen LogP contribution in [0.5, 0.6) is 11.5 Å². The Labute approximate surface area is 347 Å². The van der Waals surface area contributed by atoms with Crippen molar-refractivity contribution in [3.8, 4) is 11.5 Å². The SMILES string of the molecule is COc1ccc2nc(Cl)c(C(=O)NS(=O)(=O)c3ccc[nH]c3=O)cc2c1.COc1ccc2nc(N3C[C@@H](C)CC3(C)C)c(C(=O)NS(=O)(=O)C3=CC=CCC3=O)cc2c1.[HH].[HH]. The number of halogens is 1. The number of aromatic amines is 1. The number of pyridine rings is 3. The largest absolute Gasteiger partial charge is 0.497 e. The molecule has 1 saturated heterocycles. The quantitative estimate of drug-likeness (QED) is 0.155. The number of sulfonamides is 2. The number of hydrogen-bond acceptors (Lipinski definition) is 13. The first-order valence-corrected chi connectivity index (χ1v) is 21.3. The lowest BCUT2D eigenvalue weighted by atomic mass is 9.97. The van der Waals surface area contributed by atoms with Crippen LogP contribution in [0, 0.1) is 5.92 Å². The molecule has 2 aliphatic rings. The number of ether oxygens (including phenoxy) is 2. The number of hydrogen-bond donors (Lipinski definition) is 3. The first-order chi connectivity index (χ1) is 27.8. The van der Waals surface area contributed by atoms with Gasteiger partial charge in [0.15, 0.2) is 10.7 Å². The number of carbonyl (C=O) groups excluding carboxylic acids is 3. The Balaban J connectivity index is 0.000000267. The van der Waals surface area contributed by atoms with E-state index in [2.05, 4.69) is 40.4 Å². The zero-order valence-corrected chi connectivity index (χ0v) is 34.8. The molecule has 2 amide bonds. The van der Waals surface area contributed by atoms with Crippen LogP contribution in [-0.4, -0.2) is 75.7 Å². The Morgan fingerprint density at radius 2 is 1.47 bits per heavy atom. The molecule has 3 aromatic heterocycles. The highest BCUT2D eigenvalue weighted by molar-refractivity contribution is 7.95. The Kier molecular flexibility index (Phi) is 12.0. The van der Waals surface area contributed by atoms with E-state index in [0.717, 1.165) is 12.5 Å². The molecule has 3 N–H and O–H groups in total. The van der Waals surface area contributed by atoms with Crippen molar-refractivity contribution in [2.75, 3.05) is 25.7 Å². The van der Waals surface area contributed by atoms with Gasteiger partial charge in [-0.15, -0.1) is 0 Å². The molecule has 1 aliphatic carbocycles. The second kappa shape index (κ2) is 16.6. The lowest BCUT2D eigenvalue weighted by molar-refractivity contribution is -0.114. The maximum Gasteiger partial charge on any atom is 0.269 e. The molecule has 5 aromatic rings. The van der Waals surface area contributed by atoms with Gasteiger partial charge < -0.3 is 19.4 Å². The molecule has 0 radical (unpaired) electrons. The fraction of sp³-hybridized carbons (Fsp3) is 0.250. The van der Waals surface area contributed by atoms with E-state index in [4.69, 9.17) is 26.1 Å². The molecule has 312 valence electrons. The van der Waals surface area contributed by atoms with E-state index >= 15 is 0 Å². The highest BCUT2D eigenvalue weighted by atomic mass is 35.5. The zero-order valence-electron chi connectivity index (χ0n) is 32.4. The number of nitrogens with one attached hydrogen (secondary N) is 3. The van der Waals surface area contributed by atoms with Crippen molar-refractivity contribution in [3.63, 3.8) is 0 Å². The number of H-pyrrole nitrogens is 1. The molecule has 1 fully saturated rings. The number of fused-ring (bicyclic) bond motifs is 2. The molecular formula is C40H43ClN6O10S2. The molecule has 0 spiro atoms. The van der Waals surface area contributed by atoms with E-state index in [0.29, 0.717) is 51.6 Å². The summed E-state index contributed by atoms with van der Waals surface area (Å²) < 4.78 is 64.5. The molecule has 0 unspecified atom stereocenters. The lowest BCUT2D eigenvalue weighted by Crippen LogP contribution is -2.41. The molecule has 19 heteroatoms. The van der Waals surface area contributed by atoms with Gasteiger partial charge in [0.1, 0.15) is 27.4 Å². The average Bonchev–Trinajstić information content (AvgIpc) is 3.47. The van der Waals surface area contributed by atoms with Gasteiger partial charge >= 0.3 is 0 Å². The fourth-order valence-electron chi connectivity index (χ4n) is 6.87. The molecule has 16 nitrogen and oxygen atoms in total. The number of benzene rings is 2. The highest BCUT2D eigenvalue weighted by Gasteiger charge is 2.39. The van der Waals surface area contributed by atoms with Crippen LogP contribution < -0.4 is 29.4 Å². The summed E-state index contributed by atoms with van der Waals surface area (Å²) >= 11 is 6.01. The predicted octanol–water partition coefficient (Wildman–Crippen LogP) is 5.54. The van der Waals surface area contributed by atoms with Crippen molar-refractivity contribution in [3.05, 3.63) is 117 Å². The van der Waals surface area contributed by atoms with Gasteiger partial charge in [0.2, 0.25) is 0 Å². The van der Waals surface area contributed by atoms with Crippen LogP contribution in [0.1, 0.15) is 57.2 Å². The molecular weight excluding hydrogens is 824 g/mol. The third kappa shape index (κ3) is 9.14. The summed E-state index contributed by atoms with van der Waals surface area (Å²) in [5.41, 5.74) is 0.0303. The second-order valence-corrected chi connectivity index (χ2v) is 18.0. The van der Waals surface area contributed by atoms with Crippen molar-refractivity contribution in [1.29, 1.82) is 0 Å². The molecule has 2 aromatic carbocycles. The van der Waals surface area contributed by atoms with Gasteiger partial charge in [-0.3, -0.25) is 19.2 Å². The molecule has 59 heavy (non-hydrogen) atoms. The molecule has 1 aliphatic heterocycles. The average molecular weight is 867 g/mol. The normalized spacial score (nSPS) is 16.2. The van der Waals surface area contributed by atoms with E-state index in [1.165, 1.54) is 37.6 Å². The van der Waals surface area contributed by atoms with Crippen molar-refractivity contribution < 1.29 is 43.5 Å². The number of nitrogens with zero attached hydrogens (tertiary/aromatic N) is 3. The topological polar surface area (TPSA) is 224 Å². The highest BCUT2D eigenvalue weighted by Crippen LogP contribution is 2.39. The first kappa shape index (κ1) is 42.5. The van der Waals surface area contributed by atoms with Crippen LogP contribution >= 0.6 is 11.6 Å². The van der Waals surface area contributed by atoms with E-state index in [9.17, 15) is 36.0 Å². The minimum atomic E-state index is -4.38. The summed E-state index contributed by atoms with van der Waals surface area (Å²) in [5.74, 6) is -0.471. The Morgan fingerprint density at radius 3 is 2.05 bits per heavy atom. The maximum absolute atomic E-state index is 13.3. The van der Waals surface area contributed by atoms with Gasteiger partial charge in [-0.25, -0.2) is 36.2 Å². The fourth-order valence-corrected chi connectivity index (χ4v) is 9.23. The minimum absolute atomic E-state index is 0. The standard InChI is InChI=1S/C24H27N3O5S.C16H12ClN3O5S.2H2/c1-15-13-24(2,3)27(14-15)22-18(12-16-11-17(32-4)9-10-19(16)25-22)23(29)26-33(30,31)21-8-6-5-7-20(21)28;1-25-10-4-5-12-9(7-10)8-11(14(17)19-12)15(21)20-26(23,24)13-3-2-6-18-16(13)22;;/h5-6,8-12,15H,7,13-14H2,1-4H3,(H,26,29);2-8H,1H3,(H,18,22)(H,20,21);2*1H/t15-;;;/m0.../s1. The van der Waals surface area contributed by atoms with Crippen LogP contribution in [0.25, 0.3) is 21.8 Å². The first-order valence-electron chi connectivity index (χ1n) is 18.0. The Hall–Kier alpha value is -6.11. The molecule has 1 atom stereocenters. The van der Waals surface area contributed by atoms with Crippen molar-refractivity contribution in [1.82, 2.24) is 24.4 Å². The summed E-state index contributed by atoms with van der Waals surface area (Å²) in [6, 6.07) is 15.7. The van der Waals surface area contributed by atoms with E-state index < -0.39 is 53.0 Å². The number of methoxy groups -OCH3 is 2. The van der Waals surface area contributed by atoms with Crippen LogP contribution in [0.3, 0.4) is 0 Å². The lowest BCUT2D eigenvalue weighted by Gasteiger charge is -2.34. The zero-order chi connectivity index (χ0) is 42.9. The summed E-state index contributed by atoms with van der Waals surface area (Å²) in [5, 5.41) is 1.01. The van der Waals surface area contributed by atoms with Gasteiger partial charge in [0.05, 0.1) is 36.4 Å². The van der Waals surface area contributed by atoms with Crippen molar-refractivity contribution in [2.45, 2.75) is 44.0 Å². The van der Waals surface area contributed by atoms with Crippen LogP contribution in [0.4, 0.5) is 5.82 Å². The smallest absolute Gasteiger partial charge is 0.269 e. The third-order valence-corrected chi connectivity index (χ3v) is 12.6. The second-order valence-electron chi connectivity index (χ2n) is 14.4. The molecule has 0 bridgehead atoms. The number of rotatable bonds is 9. The number of allylic oxidation sites excluding steroid dienone is 4. The molecule has 0 saturated carbocycles. The summed E-state index contributed by atoms with van der Waals surface area (Å²) in [6.07, 6.45) is 6.42. The van der Waals surface area contributed by atoms with Crippen molar-refractivity contribution in [2.24, 2.45) is 5.92 Å². The van der Waals surface area contributed by atoms with Gasteiger partial charge in [0, 0.05) is 38.3 Å². The number of aromatic nitrogens is 3. The number of anilines is 1. The van der Waals surface area contributed by atoms with Gasteiger partial charge in [-0.2, -0.15) is 0 Å². The van der Waals surface area contributed by atoms with Gasteiger partial charge in [0.25, 0.3) is 37.4 Å². The summed E-state index contributed by atoms with van der Waals surface area (Å²) in [4.78, 5) is 61.6. The maximum atomic E-state index is 13.3. The van der Waals surface area contributed by atoms with Crippen LogP contribution in [0.2, 0.25) is 5.15 Å². The van der Waals surface area contributed by atoms with Crippen molar-refractivity contribution >= 4 is 76.9 Å². The summed E-state index contributed by atoms with van der Waals surface area (Å²) in [7, 11) is -5.68. The summed E-state index contributed by atoms with van der Waals surface area (Å²) in [6.45, 7) is 6.97. The molecule has 4 heterocycles.